The topological polar surface area (TPSA) is 110 Å². The first-order chi connectivity index (χ1) is 12.3. The molecule has 26 heavy (non-hydrogen) atoms. The van der Waals surface area contributed by atoms with E-state index < -0.39 is 28.4 Å². The first-order valence-electron chi connectivity index (χ1n) is 7.47. The lowest BCUT2D eigenvalue weighted by Gasteiger charge is -2.50. The van der Waals surface area contributed by atoms with Crippen molar-refractivity contribution in [3.8, 4) is 5.75 Å². The maximum Gasteiger partial charge on any atom is 0.360 e. The fraction of sp³-hybridized carbons (Fsp3) is 0.176. The van der Waals surface area contributed by atoms with Gasteiger partial charge in [-0.2, -0.15) is 0 Å². The molecule has 1 aliphatic heterocycles. The third-order valence-electron chi connectivity index (χ3n) is 4.25. The molecule has 1 heterocycles. The molecule has 2 atom stereocenters. The molecule has 8 nitrogen and oxygen atoms in total. The highest BCUT2D eigenvalue weighted by Gasteiger charge is 2.69. The lowest BCUT2D eigenvalue weighted by atomic mass is 9.77. The van der Waals surface area contributed by atoms with Crippen molar-refractivity contribution >= 4 is 29.2 Å². The van der Waals surface area contributed by atoms with Gasteiger partial charge in [-0.15, -0.1) is 0 Å². The SMILES string of the molecule is CN1C(=O)C(Oc2ccc(Cl)cc2)(C(=O)O)C1c1ccccc1[N+](=O)[O-]. The van der Waals surface area contributed by atoms with Gasteiger partial charge in [-0.1, -0.05) is 23.7 Å². The molecule has 0 spiro atoms. The van der Waals surface area contributed by atoms with E-state index in [2.05, 4.69) is 0 Å². The van der Waals surface area contributed by atoms with Gasteiger partial charge in [0.1, 0.15) is 11.8 Å². The fourth-order valence-electron chi connectivity index (χ4n) is 3.06. The maximum absolute atomic E-state index is 12.5. The predicted octanol–water partition coefficient (Wildman–Crippen LogP) is 2.66. The zero-order valence-electron chi connectivity index (χ0n) is 13.5. The smallest absolute Gasteiger partial charge is 0.360 e. The third kappa shape index (κ3) is 2.55. The number of β-lactam (4-membered cyclic amide) rings is 1. The van der Waals surface area contributed by atoms with Crippen molar-refractivity contribution in [2.24, 2.45) is 0 Å². The number of hydrogen-bond acceptors (Lipinski definition) is 5. The number of benzene rings is 2. The van der Waals surface area contributed by atoms with E-state index >= 15 is 0 Å². The number of carboxylic acids is 1. The summed E-state index contributed by atoms with van der Waals surface area (Å²) in [5.41, 5.74) is -2.51. The Morgan fingerprint density at radius 2 is 1.88 bits per heavy atom. The van der Waals surface area contributed by atoms with Crippen LogP contribution < -0.4 is 4.74 Å². The number of carboxylic acid groups (broad SMARTS) is 1. The molecule has 2 aromatic rings. The van der Waals surface area contributed by atoms with Crippen molar-refractivity contribution in [3.05, 3.63) is 69.2 Å². The molecule has 2 aromatic carbocycles. The number of rotatable bonds is 5. The zero-order chi connectivity index (χ0) is 19.1. The van der Waals surface area contributed by atoms with Crippen LogP contribution in [0.1, 0.15) is 11.6 Å². The molecule has 0 aliphatic carbocycles. The number of carbonyl (C=O) groups is 2. The number of nitro benzene ring substituents is 1. The lowest BCUT2D eigenvalue weighted by molar-refractivity contribution is -0.386. The van der Waals surface area contributed by atoms with Gasteiger partial charge >= 0.3 is 11.6 Å². The van der Waals surface area contributed by atoms with Crippen LogP contribution in [0.4, 0.5) is 5.69 Å². The number of ether oxygens (including phenoxy) is 1. The quantitative estimate of drug-likeness (QED) is 0.372. The minimum absolute atomic E-state index is 0.0796. The number of carbonyl (C=O) groups excluding carboxylic acids is 1. The Labute approximate surface area is 152 Å². The normalized spacial score (nSPS) is 21.8. The fourth-order valence-corrected chi connectivity index (χ4v) is 3.18. The van der Waals surface area contributed by atoms with Crippen molar-refractivity contribution in [2.45, 2.75) is 11.6 Å². The summed E-state index contributed by atoms with van der Waals surface area (Å²) in [4.78, 5) is 36.3. The van der Waals surface area contributed by atoms with E-state index in [0.717, 1.165) is 4.90 Å². The number of para-hydroxylation sites is 1. The van der Waals surface area contributed by atoms with Crippen molar-refractivity contribution in [1.82, 2.24) is 4.90 Å². The largest absolute Gasteiger partial charge is 0.478 e. The van der Waals surface area contributed by atoms with Gasteiger partial charge in [0, 0.05) is 18.1 Å². The molecule has 9 heteroatoms. The second kappa shape index (κ2) is 6.30. The number of hydrogen-bond donors (Lipinski definition) is 1. The number of amides is 1. The van der Waals surface area contributed by atoms with E-state index in [1.54, 1.807) is 0 Å². The molecule has 1 saturated heterocycles. The van der Waals surface area contributed by atoms with Gasteiger partial charge in [0.2, 0.25) is 0 Å². The standard InChI is InChI=1S/C17H13ClN2O6/c1-19-14(12-4-2-3-5-13(12)20(24)25)17(15(19)21,16(22)23)26-11-8-6-10(18)7-9-11/h2-9,14H,1H3,(H,22,23). The van der Waals surface area contributed by atoms with Crippen LogP contribution in [0, 0.1) is 10.1 Å². The highest BCUT2D eigenvalue weighted by atomic mass is 35.5. The average molecular weight is 377 g/mol. The Morgan fingerprint density at radius 1 is 1.27 bits per heavy atom. The van der Waals surface area contributed by atoms with Crippen LogP contribution in [0.25, 0.3) is 0 Å². The molecule has 0 bridgehead atoms. The van der Waals surface area contributed by atoms with Crippen LogP contribution in [-0.4, -0.2) is 39.5 Å². The average Bonchev–Trinajstić information content (AvgIpc) is 2.62. The second-order valence-corrected chi connectivity index (χ2v) is 6.17. The van der Waals surface area contributed by atoms with E-state index in [4.69, 9.17) is 16.3 Å². The lowest BCUT2D eigenvalue weighted by Crippen LogP contribution is -2.73. The number of likely N-dealkylation sites (tertiary alicyclic amines) is 1. The molecule has 0 radical (unpaired) electrons. The summed E-state index contributed by atoms with van der Waals surface area (Å²) >= 11 is 5.80. The molecule has 1 N–H and O–H groups in total. The Morgan fingerprint density at radius 3 is 2.46 bits per heavy atom. The molecular formula is C17H13ClN2O6. The van der Waals surface area contributed by atoms with E-state index in [0.29, 0.717) is 5.02 Å². The molecular weight excluding hydrogens is 364 g/mol. The summed E-state index contributed by atoms with van der Waals surface area (Å²) in [6.07, 6.45) is 0. The van der Waals surface area contributed by atoms with Crippen LogP contribution in [-0.2, 0) is 9.59 Å². The van der Waals surface area contributed by atoms with Gasteiger partial charge < -0.3 is 14.7 Å². The van der Waals surface area contributed by atoms with Gasteiger partial charge in [0.25, 0.3) is 11.6 Å². The van der Waals surface area contributed by atoms with Gasteiger partial charge in [-0.3, -0.25) is 14.9 Å². The highest BCUT2D eigenvalue weighted by Crippen LogP contribution is 2.48. The number of likely N-dealkylation sites (N-methyl/N-ethyl adjacent to an activating group) is 1. The Bertz CT molecular complexity index is 900. The van der Waals surface area contributed by atoms with Gasteiger partial charge in [0.15, 0.2) is 0 Å². The summed E-state index contributed by atoms with van der Waals surface area (Å²) in [5, 5.41) is 21.5. The van der Waals surface area contributed by atoms with Crippen molar-refractivity contribution in [2.75, 3.05) is 7.05 Å². The molecule has 0 aromatic heterocycles. The summed E-state index contributed by atoms with van der Waals surface area (Å²) in [6.45, 7) is 0. The van der Waals surface area contributed by atoms with E-state index in [1.165, 1.54) is 55.6 Å². The Hall–Kier alpha value is -3.13. The van der Waals surface area contributed by atoms with Crippen LogP contribution >= 0.6 is 11.6 Å². The van der Waals surface area contributed by atoms with Crippen LogP contribution in [0.5, 0.6) is 5.75 Å². The van der Waals surface area contributed by atoms with Crippen LogP contribution in [0.15, 0.2) is 48.5 Å². The Kier molecular flexibility index (Phi) is 4.29. The van der Waals surface area contributed by atoms with E-state index in [1.807, 2.05) is 0 Å². The zero-order valence-corrected chi connectivity index (χ0v) is 14.2. The van der Waals surface area contributed by atoms with Crippen LogP contribution in [0.3, 0.4) is 0 Å². The van der Waals surface area contributed by atoms with E-state index in [-0.39, 0.29) is 17.0 Å². The summed E-state index contributed by atoms with van der Waals surface area (Å²) in [5.74, 6) is -2.22. The minimum atomic E-state index is -2.30. The molecule has 1 aliphatic rings. The highest BCUT2D eigenvalue weighted by molar-refractivity contribution is 6.30. The van der Waals surface area contributed by atoms with Gasteiger partial charge in [0.05, 0.1) is 10.5 Å². The van der Waals surface area contributed by atoms with Crippen molar-refractivity contribution in [3.63, 3.8) is 0 Å². The number of aliphatic carboxylic acids is 1. The third-order valence-corrected chi connectivity index (χ3v) is 4.50. The van der Waals surface area contributed by atoms with Crippen molar-refractivity contribution in [1.29, 1.82) is 0 Å². The molecule has 1 amide bonds. The Balaban J connectivity index is 2.11. The first kappa shape index (κ1) is 17.7. The van der Waals surface area contributed by atoms with Crippen molar-refractivity contribution < 1.29 is 24.4 Å². The second-order valence-electron chi connectivity index (χ2n) is 5.73. The van der Waals surface area contributed by atoms with Gasteiger partial charge in [-0.25, -0.2) is 4.79 Å². The summed E-state index contributed by atoms with van der Waals surface area (Å²) < 4.78 is 5.57. The van der Waals surface area contributed by atoms with Crippen LogP contribution in [0.2, 0.25) is 5.02 Å². The maximum atomic E-state index is 12.5. The summed E-state index contributed by atoms with van der Waals surface area (Å²) in [6, 6.07) is 10.3. The number of nitrogens with zero attached hydrogens (tertiary/aromatic N) is 2. The first-order valence-corrected chi connectivity index (χ1v) is 7.85. The molecule has 3 rings (SSSR count). The molecule has 1 fully saturated rings. The predicted molar refractivity (Wildman–Crippen MR) is 91.1 cm³/mol. The van der Waals surface area contributed by atoms with E-state index in [9.17, 15) is 24.8 Å². The number of nitro groups is 1. The summed E-state index contributed by atoms with van der Waals surface area (Å²) in [7, 11) is 1.37. The molecule has 134 valence electrons. The van der Waals surface area contributed by atoms with Gasteiger partial charge in [-0.05, 0) is 30.3 Å². The number of halogens is 1. The monoisotopic (exact) mass is 376 g/mol. The molecule has 2 unspecified atom stereocenters. The minimum Gasteiger partial charge on any atom is -0.478 e. The molecule has 0 saturated carbocycles.